The SMILES string of the molecule is NC1CCCC(Nc2cccc(Cl)c2Cl)C1. The molecule has 0 amide bonds. The molecule has 0 heterocycles. The minimum atomic E-state index is 0.309. The molecule has 2 rings (SSSR count). The lowest BCUT2D eigenvalue weighted by Crippen LogP contribution is -2.34. The first-order valence-corrected chi connectivity index (χ1v) is 6.38. The van der Waals surface area contributed by atoms with Gasteiger partial charge in [0.2, 0.25) is 0 Å². The van der Waals surface area contributed by atoms with Gasteiger partial charge in [-0.05, 0) is 37.8 Å². The first-order valence-electron chi connectivity index (χ1n) is 5.63. The van der Waals surface area contributed by atoms with Crippen molar-refractivity contribution in [2.24, 2.45) is 5.73 Å². The van der Waals surface area contributed by atoms with E-state index in [0.717, 1.165) is 24.9 Å². The Morgan fingerprint density at radius 3 is 2.81 bits per heavy atom. The average molecular weight is 259 g/mol. The Morgan fingerprint density at radius 1 is 1.25 bits per heavy atom. The van der Waals surface area contributed by atoms with E-state index in [4.69, 9.17) is 28.9 Å². The van der Waals surface area contributed by atoms with Crippen LogP contribution >= 0.6 is 23.2 Å². The Bertz CT molecular complexity index is 368. The lowest BCUT2D eigenvalue weighted by atomic mass is 9.91. The maximum absolute atomic E-state index is 6.12. The van der Waals surface area contributed by atoms with Crippen molar-refractivity contribution in [2.75, 3.05) is 5.32 Å². The summed E-state index contributed by atoms with van der Waals surface area (Å²) in [4.78, 5) is 0. The van der Waals surface area contributed by atoms with Crippen molar-refractivity contribution >= 4 is 28.9 Å². The van der Waals surface area contributed by atoms with E-state index in [1.807, 2.05) is 12.1 Å². The monoisotopic (exact) mass is 258 g/mol. The topological polar surface area (TPSA) is 38.0 Å². The zero-order chi connectivity index (χ0) is 11.5. The van der Waals surface area contributed by atoms with E-state index in [0.29, 0.717) is 22.1 Å². The normalized spacial score (nSPS) is 25.4. The Balaban J connectivity index is 2.05. The molecule has 1 aromatic rings. The molecule has 1 aliphatic rings. The Labute approximate surface area is 106 Å². The van der Waals surface area contributed by atoms with E-state index in [1.165, 1.54) is 6.42 Å². The van der Waals surface area contributed by atoms with Gasteiger partial charge in [0, 0.05) is 12.1 Å². The van der Waals surface area contributed by atoms with Crippen LogP contribution in [-0.4, -0.2) is 12.1 Å². The molecule has 2 atom stereocenters. The third kappa shape index (κ3) is 2.82. The Morgan fingerprint density at radius 2 is 2.06 bits per heavy atom. The summed E-state index contributed by atoms with van der Waals surface area (Å²) in [7, 11) is 0. The third-order valence-electron chi connectivity index (χ3n) is 3.03. The molecule has 2 unspecified atom stereocenters. The van der Waals surface area contributed by atoms with Crippen LogP contribution < -0.4 is 11.1 Å². The quantitative estimate of drug-likeness (QED) is 0.850. The Hall–Kier alpha value is -0.440. The van der Waals surface area contributed by atoms with E-state index in [-0.39, 0.29) is 0 Å². The van der Waals surface area contributed by atoms with Crippen LogP contribution in [0.2, 0.25) is 10.0 Å². The number of rotatable bonds is 2. The predicted molar refractivity (Wildman–Crippen MR) is 70.3 cm³/mol. The highest BCUT2D eigenvalue weighted by atomic mass is 35.5. The van der Waals surface area contributed by atoms with E-state index < -0.39 is 0 Å². The second-order valence-electron chi connectivity index (χ2n) is 4.37. The van der Waals surface area contributed by atoms with Gasteiger partial charge in [0.25, 0.3) is 0 Å². The maximum Gasteiger partial charge on any atom is 0.0823 e. The maximum atomic E-state index is 6.12. The van der Waals surface area contributed by atoms with E-state index in [1.54, 1.807) is 6.07 Å². The summed E-state index contributed by atoms with van der Waals surface area (Å²) in [6, 6.07) is 6.37. The predicted octanol–water partition coefficient (Wildman–Crippen LogP) is 3.68. The molecular weight excluding hydrogens is 243 g/mol. The number of nitrogens with two attached hydrogens (primary N) is 1. The van der Waals surface area contributed by atoms with Gasteiger partial charge in [-0.3, -0.25) is 0 Å². The fourth-order valence-corrected chi connectivity index (χ4v) is 2.55. The highest BCUT2D eigenvalue weighted by Gasteiger charge is 2.19. The molecule has 0 saturated heterocycles. The zero-order valence-electron chi connectivity index (χ0n) is 9.05. The van der Waals surface area contributed by atoms with Crippen LogP contribution in [0.15, 0.2) is 18.2 Å². The molecule has 88 valence electrons. The first kappa shape index (κ1) is 12.0. The van der Waals surface area contributed by atoms with Gasteiger partial charge in [0.05, 0.1) is 15.7 Å². The summed E-state index contributed by atoms with van der Waals surface area (Å²) in [6.45, 7) is 0. The van der Waals surface area contributed by atoms with Gasteiger partial charge in [0.15, 0.2) is 0 Å². The van der Waals surface area contributed by atoms with Crippen LogP contribution in [0, 0.1) is 0 Å². The number of hydrogen-bond acceptors (Lipinski definition) is 2. The summed E-state index contributed by atoms with van der Waals surface area (Å²) >= 11 is 12.1. The molecule has 1 fully saturated rings. The van der Waals surface area contributed by atoms with Crippen molar-refractivity contribution in [2.45, 2.75) is 37.8 Å². The standard InChI is InChI=1S/C12H16Cl2N2/c13-10-5-2-6-11(12(10)14)16-9-4-1-3-8(15)7-9/h2,5-6,8-9,16H,1,3-4,7,15H2. The number of nitrogens with one attached hydrogen (secondary N) is 1. The summed E-state index contributed by atoms with van der Waals surface area (Å²) in [5.74, 6) is 0. The van der Waals surface area contributed by atoms with Crippen molar-refractivity contribution in [1.29, 1.82) is 0 Å². The highest BCUT2D eigenvalue weighted by Crippen LogP contribution is 2.31. The molecule has 1 saturated carbocycles. The Kier molecular flexibility index (Phi) is 3.95. The smallest absolute Gasteiger partial charge is 0.0823 e. The number of benzene rings is 1. The highest BCUT2D eigenvalue weighted by molar-refractivity contribution is 6.43. The second kappa shape index (κ2) is 5.26. The van der Waals surface area contributed by atoms with Crippen LogP contribution in [0.5, 0.6) is 0 Å². The molecule has 4 heteroatoms. The molecule has 0 spiro atoms. The van der Waals surface area contributed by atoms with Gasteiger partial charge >= 0.3 is 0 Å². The van der Waals surface area contributed by atoms with Gasteiger partial charge in [-0.15, -0.1) is 0 Å². The van der Waals surface area contributed by atoms with Crippen LogP contribution in [-0.2, 0) is 0 Å². The minimum Gasteiger partial charge on any atom is -0.381 e. The largest absolute Gasteiger partial charge is 0.381 e. The van der Waals surface area contributed by atoms with E-state index in [9.17, 15) is 0 Å². The molecule has 0 aliphatic heterocycles. The van der Waals surface area contributed by atoms with Gasteiger partial charge in [-0.25, -0.2) is 0 Å². The van der Waals surface area contributed by atoms with Gasteiger partial charge in [-0.1, -0.05) is 29.3 Å². The summed E-state index contributed by atoms with van der Waals surface area (Å²) in [5, 5.41) is 4.61. The lowest BCUT2D eigenvalue weighted by Gasteiger charge is -2.28. The minimum absolute atomic E-state index is 0.309. The molecule has 1 aromatic carbocycles. The fourth-order valence-electron chi connectivity index (χ4n) is 2.19. The summed E-state index contributed by atoms with van der Waals surface area (Å²) in [5.41, 5.74) is 6.86. The summed E-state index contributed by atoms with van der Waals surface area (Å²) in [6.07, 6.45) is 4.46. The number of halogens is 2. The molecule has 2 nitrogen and oxygen atoms in total. The van der Waals surface area contributed by atoms with Gasteiger partial charge in [0.1, 0.15) is 0 Å². The van der Waals surface area contributed by atoms with Crippen LogP contribution in [0.1, 0.15) is 25.7 Å². The molecule has 0 aromatic heterocycles. The van der Waals surface area contributed by atoms with Crippen molar-refractivity contribution in [1.82, 2.24) is 0 Å². The van der Waals surface area contributed by atoms with Crippen LogP contribution in [0.4, 0.5) is 5.69 Å². The fraction of sp³-hybridized carbons (Fsp3) is 0.500. The summed E-state index contributed by atoms with van der Waals surface area (Å²) < 4.78 is 0. The van der Waals surface area contributed by atoms with Gasteiger partial charge < -0.3 is 11.1 Å². The first-order chi connectivity index (χ1) is 7.66. The molecule has 0 radical (unpaired) electrons. The van der Waals surface area contributed by atoms with E-state index in [2.05, 4.69) is 5.32 Å². The second-order valence-corrected chi connectivity index (χ2v) is 5.15. The molecule has 0 bridgehead atoms. The van der Waals surface area contributed by atoms with Gasteiger partial charge in [-0.2, -0.15) is 0 Å². The van der Waals surface area contributed by atoms with Crippen molar-refractivity contribution in [3.05, 3.63) is 28.2 Å². The van der Waals surface area contributed by atoms with E-state index >= 15 is 0 Å². The van der Waals surface area contributed by atoms with Crippen molar-refractivity contribution < 1.29 is 0 Å². The molecule has 3 N–H and O–H groups in total. The van der Waals surface area contributed by atoms with Crippen LogP contribution in [0.3, 0.4) is 0 Å². The number of anilines is 1. The molecule has 16 heavy (non-hydrogen) atoms. The van der Waals surface area contributed by atoms with Crippen molar-refractivity contribution in [3.8, 4) is 0 Å². The number of hydrogen-bond donors (Lipinski definition) is 2. The van der Waals surface area contributed by atoms with Crippen LogP contribution in [0.25, 0.3) is 0 Å². The molecular formula is C12H16Cl2N2. The van der Waals surface area contributed by atoms with Crippen molar-refractivity contribution in [3.63, 3.8) is 0 Å². The zero-order valence-corrected chi connectivity index (χ0v) is 10.6. The average Bonchev–Trinajstić information content (AvgIpc) is 2.25. The lowest BCUT2D eigenvalue weighted by molar-refractivity contribution is 0.409. The molecule has 1 aliphatic carbocycles. The third-order valence-corrected chi connectivity index (χ3v) is 3.84.